The van der Waals surface area contributed by atoms with Crippen molar-refractivity contribution in [3.63, 3.8) is 0 Å². The van der Waals surface area contributed by atoms with Crippen molar-refractivity contribution >= 4 is 5.95 Å². The molecule has 18 heavy (non-hydrogen) atoms. The average Bonchev–Trinajstić information content (AvgIpc) is 2.76. The van der Waals surface area contributed by atoms with Crippen molar-refractivity contribution < 1.29 is 0 Å². The highest BCUT2D eigenvalue weighted by Gasteiger charge is 2.07. The monoisotopic (exact) mass is 244 g/mol. The van der Waals surface area contributed by atoms with Crippen LogP contribution in [0.3, 0.4) is 0 Å². The average molecular weight is 244 g/mol. The highest BCUT2D eigenvalue weighted by molar-refractivity contribution is 5.29. The third-order valence-corrected chi connectivity index (χ3v) is 2.82. The molecule has 4 heteroatoms. The fourth-order valence-electron chi connectivity index (χ4n) is 1.93. The molecule has 2 aromatic heterocycles. The number of pyridine rings is 1. The maximum Gasteiger partial charge on any atom is 0.203 e. The second-order valence-electron chi connectivity index (χ2n) is 4.64. The Morgan fingerprint density at radius 3 is 2.83 bits per heavy atom. The van der Waals surface area contributed by atoms with Crippen LogP contribution in [-0.2, 0) is 13.0 Å². The van der Waals surface area contributed by atoms with Crippen molar-refractivity contribution in [2.45, 2.75) is 39.8 Å². The molecule has 0 spiro atoms. The minimum Gasteiger partial charge on any atom is -0.353 e. The van der Waals surface area contributed by atoms with E-state index in [1.54, 1.807) is 0 Å². The number of nitrogens with one attached hydrogen (secondary N) is 1. The van der Waals surface area contributed by atoms with Crippen LogP contribution in [-0.4, -0.2) is 20.6 Å². The van der Waals surface area contributed by atoms with E-state index in [2.05, 4.69) is 46.7 Å². The molecule has 2 aromatic rings. The van der Waals surface area contributed by atoms with E-state index >= 15 is 0 Å². The lowest BCUT2D eigenvalue weighted by Crippen LogP contribution is -2.15. The molecule has 96 valence electrons. The molecule has 0 amide bonds. The van der Waals surface area contributed by atoms with Gasteiger partial charge in [-0.15, -0.1) is 0 Å². The molecule has 1 N–H and O–H groups in total. The highest BCUT2D eigenvalue weighted by Crippen LogP contribution is 2.12. The molecule has 2 rings (SSSR count). The molecule has 0 saturated heterocycles. The van der Waals surface area contributed by atoms with Gasteiger partial charge in [0, 0.05) is 24.6 Å². The maximum atomic E-state index is 4.47. The molecular weight excluding hydrogens is 224 g/mol. The Kier molecular flexibility index (Phi) is 3.97. The number of aromatic nitrogens is 3. The first-order valence-electron chi connectivity index (χ1n) is 6.41. The lowest BCUT2D eigenvalue weighted by molar-refractivity contribution is 0.747. The van der Waals surface area contributed by atoms with E-state index < -0.39 is 0 Å². The molecule has 0 unspecified atom stereocenters. The first kappa shape index (κ1) is 12.6. The quantitative estimate of drug-likeness (QED) is 0.879. The number of nitrogens with zero attached hydrogens (tertiary/aromatic N) is 3. The third-order valence-electron chi connectivity index (χ3n) is 2.82. The summed E-state index contributed by atoms with van der Waals surface area (Å²) in [5.41, 5.74) is 2.41. The number of hydrogen-bond acceptors (Lipinski definition) is 3. The van der Waals surface area contributed by atoms with Crippen LogP contribution in [0.15, 0.2) is 30.7 Å². The minimum atomic E-state index is 0.375. The van der Waals surface area contributed by atoms with Gasteiger partial charge < -0.3 is 9.88 Å². The topological polar surface area (TPSA) is 42.7 Å². The normalized spacial score (nSPS) is 10.9. The summed E-state index contributed by atoms with van der Waals surface area (Å²) in [6, 6.07) is 4.50. The summed E-state index contributed by atoms with van der Waals surface area (Å²) in [7, 11) is 0. The van der Waals surface area contributed by atoms with Gasteiger partial charge in [0.15, 0.2) is 0 Å². The smallest absolute Gasteiger partial charge is 0.203 e. The number of rotatable bonds is 5. The molecule has 0 saturated carbocycles. The predicted molar refractivity (Wildman–Crippen MR) is 73.7 cm³/mol. The summed E-state index contributed by atoms with van der Waals surface area (Å²) < 4.78 is 2.10. The Balaban J connectivity index is 2.21. The van der Waals surface area contributed by atoms with Crippen molar-refractivity contribution in [2.24, 2.45) is 0 Å². The molecule has 0 bridgehead atoms. The molecular formula is C14H20N4. The molecule has 0 atom stereocenters. The van der Waals surface area contributed by atoms with Gasteiger partial charge in [0.25, 0.3) is 0 Å². The van der Waals surface area contributed by atoms with Gasteiger partial charge in [0.2, 0.25) is 5.95 Å². The van der Waals surface area contributed by atoms with Gasteiger partial charge in [-0.25, -0.2) is 4.98 Å². The van der Waals surface area contributed by atoms with Crippen LogP contribution in [0.1, 0.15) is 32.0 Å². The van der Waals surface area contributed by atoms with Gasteiger partial charge in [-0.3, -0.25) is 4.98 Å². The third kappa shape index (κ3) is 2.88. The largest absolute Gasteiger partial charge is 0.353 e. The van der Waals surface area contributed by atoms with Crippen molar-refractivity contribution in [1.29, 1.82) is 0 Å². The second kappa shape index (κ2) is 5.67. The lowest BCUT2D eigenvalue weighted by Gasteiger charge is -2.13. The van der Waals surface area contributed by atoms with E-state index in [0.29, 0.717) is 6.04 Å². The number of anilines is 1. The van der Waals surface area contributed by atoms with Gasteiger partial charge >= 0.3 is 0 Å². The number of hydrogen-bond donors (Lipinski definition) is 1. The molecule has 2 heterocycles. The van der Waals surface area contributed by atoms with Gasteiger partial charge in [-0.2, -0.15) is 0 Å². The summed E-state index contributed by atoms with van der Waals surface area (Å²) in [4.78, 5) is 8.80. The number of aryl methyl sites for hydroxylation is 1. The molecule has 0 fully saturated rings. The molecule has 4 nitrogen and oxygen atoms in total. The first-order chi connectivity index (χ1) is 8.70. The van der Waals surface area contributed by atoms with Gasteiger partial charge in [-0.05, 0) is 31.9 Å². The minimum absolute atomic E-state index is 0.375. The zero-order valence-electron chi connectivity index (χ0n) is 11.2. The van der Waals surface area contributed by atoms with E-state index in [1.165, 1.54) is 5.56 Å². The Bertz CT molecular complexity index is 502. The van der Waals surface area contributed by atoms with Gasteiger partial charge in [0.1, 0.15) is 0 Å². The summed E-state index contributed by atoms with van der Waals surface area (Å²) >= 11 is 0. The molecule has 0 aromatic carbocycles. The lowest BCUT2D eigenvalue weighted by atomic mass is 10.1. The van der Waals surface area contributed by atoms with Gasteiger partial charge in [-0.1, -0.05) is 13.0 Å². The van der Waals surface area contributed by atoms with Crippen LogP contribution < -0.4 is 5.32 Å². The molecule has 0 radical (unpaired) electrons. The zero-order chi connectivity index (χ0) is 13.0. The second-order valence-corrected chi connectivity index (χ2v) is 4.64. The van der Waals surface area contributed by atoms with Crippen LogP contribution in [0.2, 0.25) is 0 Å². The van der Waals surface area contributed by atoms with Crippen LogP contribution in [0.4, 0.5) is 5.95 Å². The fraction of sp³-hybridized carbons (Fsp3) is 0.429. The van der Waals surface area contributed by atoms with Crippen molar-refractivity contribution in [3.8, 4) is 0 Å². The summed E-state index contributed by atoms with van der Waals surface area (Å²) in [6.45, 7) is 7.13. The van der Waals surface area contributed by atoms with Crippen molar-refractivity contribution in [1.82, 2.24) is 14.5 Å². The van der Waals surface area contributed by atoms with E-state index in [9.17, 15) is 0 Å². The van der Waals surface area contributed by atoms with Crippen molar-refractivity contribution in [3.05, 3.63) is 42.0 Å². The molecule has 0 aliphatic heterocycles. The van der Waals surface area contributed by atoms with Crippen LogP contribution in [0.25, 0.3) is 0 Å². The van der Waals surface area contributed by atoms with Crippen LogP contribution in [0.5, 0.6) is 0 Å². The number of imidazole rings is 1. The Hall–Kier alpha value is -1.84. The van der Waals surface area contributed by atoms with Crippen LogP contribution >= 0.6 is 0 Å². The first-order valence-corrected chi connectivity index (χ1v) is 6.41. The molecule has 0 aliphatic rings. The van der Waals surface area contributed by atoms with Crippen LogP contribution in [0, 0.1) is 0 Å². The zero-order valence-corrected chi connectivity index (χ0v) is 11.2. The van der Waals surface area contributed by atoms with Gasteiger partial charge in [0.05, 0.1) is 12.2 Å². The van der Waals surface area contributed by atoms with E-state index in [-0.39, 0.29) is 0 Å². The summed E-state index contributed by atoms with van der Waals surface area (Å²) in [6.07, 6.45) is 6.66. The highest BCUT2D eigenvalue weighted by atomic mass is 15.2. The SMILES string of the molecule is CCc1cccnc1Cn1ccnc1NC(C)C. The standard InChI is InChI=1S/C14H20N4/c1-4-12-6-5-7-15-13(12)10-18-9-8-16-14(18)17-11(2)3/h5-9,11H,4,10H2,1-3H3,(H,16,17). The van der Waals surface area contributed by atoms with Crippen molar-refractivity contribution in [2.75, 3.05) is 5.32 Å². The van der Waals surface area contributed by atoms with E-state index in [1.807, 2.05) is 24.7 Å². The fourth-order valence-corrected chi connectivity index (χ4v) is 1.93. The van der Waals surface area contributed by atoms with E-state index in [4.69, 9.17) is 0 Å². The summed E-state index contributed by atoms with van der Waals surface area (Å²) in [5.74, 6) is 0.901. The Morgan fingerprint density at radius 2 is 2.11 bits per heavy atom. The van der Waals surface area contributed by atoms with E-state index in [0.717, 1.165) is 24.6 Å². The Morgan fingerprint density at radius 1 is 1.28 bits per heavy atom. The summed E-state index contributed by atoms with van der Waals surface area (Å²) in [5, 5.41) is 3.34. The predicted octanol–water partition coefficient (Wildman–Crippen LogP) is 2.71. The Labute approximate surface area is 108 Å². The maximum absolute atomic E-state index is 4.47. The molecule has 0 aliphatic carbocycles.